The molecule has 0 spiro atoms. The minimum atomic E-state index is -3.17. The molecule has 6 N–H and O–H groups in total. The summed E-state index contributed by atoms with van der Waals surface area (Å²) in [6, 6.07) is 7.43. The van der Waals surface area contributed by atoms with Gasteiger partial charge in [-0.05, 0) is 56.0 Å². The van der Waals surface area contributed by atoms with Gasteiger partial charge in [-0.3, -0.25) is 4.79 Å². The van der Waals surface area contributed by atoms with E-state index in [1.165, 1.54) is 31.6 Å². The van der Waals surface area contributed by atoms with Crippen LogP contribution < -0.4 is 10.5 Å². The van der Waals surface area contributed by atoms with E-state index in [1.54, 1.807) is 29.2 Å². The van der Waals surface area contributed by atoms with Gasteiger partial charge in [0, 0.05) is 59.4 Å². The summed E-state index contributed by atoms with van der Waals surface area (Å²) in [6.07, 6.45) is 5.89. The molecule has 1 aromatic carbocycles. The molecule has 0 amide bonds. The molecule has 2 atom stereocenters. The van der Waals surface area contributed by atoms with E-state index in [1.807, 2.05) is 6.07 Å². The van der Waals surface area contributed by atoms with E-state index >= 15 is 0 Å². The van der Waals surface area contributed by atoms with Crippen LogP contribution in [0.2, 0.25) is 0 Å². The van der Waals surface area contributed by atoms with Gasteiger partial charge in [0.2, 0.25) is 0 Å². The van der Waals surface area contributed by atoms with Crippen LogP contribution in [0.5, 0.6) is 5.75 Å². The maximum Gasteiger partial charge on any atom is 0.387 e. The molecule has 228 valence electrons. The quantitative estimate of drug-likeness (QED) is 0.148. The molecule has 0 bridgehead atoms. The Balaban J connectivity index is 0.000000463. The van der Waals surface area contributed by atoms with Crippen molar-refractivity contribution in [3.05, 3.63) is 77.6 Å². The first-order chi connectivity index (χ1) is 20.5. The number of ether oxygens (including phenoxy) is 1. The number of hydrogen-bond acceptors (Lipinski definition) is 11. The molecule has 1 fully saturated rings. The zero-order valence-electron chi connectivity index (χ0n) is 23.2. The molecule has 0 aliphatic heterocycles. The van der Waals surface area contributed by atoms with E-state index in [9.17, 15) is 28.9 Å². The minimum absolute atomic E-state index is 0.0945. The molecule has 14 heteroatoms. The Morgan fingerprint density at radius 2 is 1.86 bits per heavy atom. The van der Waals surface area contributed by atoms with Gasteiger partial charge in [0.05, 0.1) is 17.3 Å². The van der Waals surface area contributed by atoms with Crippen molar-refractivity contribution in [2.45, 2.75) is 50.0 Å². The first kappa shape index (κ1) is 30.5. The van der Waals surface area contributed by atoms with Crippen LogP contribution in [0.25, 0.3) is 16.6 Å². The van der Waals surface area contributed by atoms with Gasteiger partial charge >= 0.3 is 12.7 Å². The number of rotatable bonds is 8. The maximum absolute atomic E-state index is 13.3. The van der Waals surface area contributed by atoms with Crippen LogP contribution in [-0.2, 0) is 0 Å². The van der Waals surface area contributed by atoms with E-state index in [2.05, 4.69) is 15.1 Å². The fourth-order valence-electron chi connectivity index (χ4n) is 5.75. The van der Waals surface area contributed by atoms with Gasteiger partial charge in [0.25, 0.3) is 0 Å². The number of hydrogen-bond donors (Lipinski definition) is 5. The SMILES string of the molecule is CN(C1CC(c2c(C=O)cccc2OC(F)F)c2c1nn1ccc(-c3cncnc3)cc21)C(O)(O)O.NC1CC(CO)C1. The molecule has 3 aromatic heterocycles. The normalized spacial score (nSPS) is 21.3. The van der Waals surface area contributed by atoms with Crippen molar-refractivity contribution in [2.24, 2.45) is 11.7 Å². The fraction of sp³-hybridized carbons (Fsp3) is 0.379. The lowest BCUT2D eigenvalue weighted by Gasteiger charge is -2.31. The first-order valence-corrected chi connectivity index (χ1v) is 13.6. The number of aromatic nitrogens is 4. The lowest BCUT2D eigenvalue weighted by atomic mass is 9.82. The molecule has 0 saturated heterocycles. The fourth-order valence-corrected chi connectivity index (χ4v) is 5.75. The summed E-state index contributed by atoms with van der Waals surface area (Å²) in [5.74, 6) is -0.358. The highest BCUT2D eigenvalue weighted by atomic mass is 19.3. The van der Waals surface area contributed by atoms with Crippen molar-refractivity contribution in [3.8, 4) is 16.9 Å². The Hall–Kier alpha value is -3.92. The number of aldehydes is 1. The number of fused-ring (bicyclic) bond motifs is 3. The Bertz CT molecular complexity index is 1580. The highest BCUT2D eigenvalue weighted by Gasteiger charge is 2.45. The number of carbonyl (C=O) groups excluding carboxylic acids is 1. The monoisotopic (exact) mass is 598 g/mol. The maximum atomic E-state index is 13.3. The Labute approximate surface area is 245 Å². The van der Waals surface area contributed by atoms with Crippen LogP contribution >= 0.6 is 0 Å². The molecule has 2 aliphatic carbocycles. The topological polar surface area (TPSA) is 180 Å². The highest BCUT2D eigenvalue weighted by Crippen LogP contribution is 2.51. The third-order valence-corrected chi connectivity index (χ3v) is 7.98. The standard InChI is InChI=1S/C24H21F2N5O5.C5H11NO/c1-30(24(33,34)35)18-8-16(20-14(11-32)3-2-4-19(20)36-23(25)26)21-17-7-13(15-9-27-12-28-10-15)5-6-31(17)29-22(18)21;6-5-1-4(2-5)3-7/h2-7,9-12,16,18,23,33-35H,8H2,1H3;4-5,7H,1-3,6H2. The minimum Gasteiger partial charge on any atom is -0.434 e. The van der Waals surface area contributed by atoms with Crippen molar-refractivity contribution in [3.63, 3.8) is 0 Å². The van der Waals surface area contributed by atoms with Crippen molar-refractivity contribution >= 4 is 11.8 Å². The Kier molecular flexibility index (Phi) is 8.78. The smallest absolute Gasteiger partial charge is 0.387 e. The summed E-state index contributed by atoms with van der Waals surface area (Å²) in [6.45, 7) is -2.80. The second-order valence-electron chi connectivity index (χ2n) is 10.7. The summed E-state index contributed by atoms with van der Waals surface area (Å²) < 4.78 is 32.9. The molecule has 4 aromatic rings. The van der Waals surface area contributed by atoms with Crippen LogP contribution in [0.1, 0.15) is 58.4 Å². The first-order valence-electron chi connectivity index (χ1n) is 13.6. The third kappa shape index (κ3) is 6.25. The second-order valence-corrected chi connectivity index (χ2v) is 10.7. The van der Waals surface area contributed by atoms with E-state index in [0.29, 0.717) is 41.6 Å². The van der Waals surface area contributed by atoms with Gasteiger partial charge in [0.15, 0.2) is 0 Å². The predicted octanol–water partition coefficient (Wildman–Crippen LogP) is 2.02. The van der Waals surface area contributed by atoms with E-state index in [-0.39, 0.29) is 23.3 Å². The van der Waals surface area contributed by atoms with Crippen LogP contribution in [0.3, 0.4) is 0 Å². The summed E-state index contributed by atoms with van der Waals surface area (Å²) >= 11 is 0. The second kappa shape index (κ2) is 12.4. The van der Waals surface area contributed by atoms with E-state index in [4.69, 9.17) is 15.6 Å². The van der Waals surface area contributed by atoms with Gasteiger partial charge in [0.1, 0.15) is 18.4 Å². The van der Waals surface area contributed by atoms with Crippen molar-refractivity contribution < 1.29 is 38.7 Å². The molecule has 0 radical (unpaired) electrons. The summed E-state index contributed by atoms with van der Waals surface area (Å²) in [7, 11) is 1.29. The van der Waals surface area contributed by atoms with Gasteiger partial charge in [-0.15, -0.1) is 0 Å². The van der Waals surface area contributed by atoms with Gasteiger partial charge in [-0.2, -0.15) is 13.9 Å². The van der Waals surface area contributed by atoms with Crippen LogP contribution in [-0.4, -0.2) is 83.6 Å². The molecule has 12 nitrogen and oxygen atoms in total. The number of alkyl halides is 2. The zero-order valence-corrected chi connectivity index (χ0v) is 23.2. The number of carbonyl (C=O) groups is 1. The lowest BCUT2D eigenvalue weighted by Crippen LogP contribution is -2.47. The Morgan fingerprint density at radius 1 is 1.14 bits per heavy atom. The summed E-state index contributed by atoms with van der Waals surface area (Å²) in [5, 5.41) is 42.7. The van der Waals surface area contributed by atoms with Crippen LogP contribution in [0.15, 0.2) is 55.2 Å². The van der Waals surface area contributed by atoms with Crippen molar-refractivity contribution in [2.75, 3.05) is 13.7 Å². The average Bonchev–Trinajstić information content (AvgIpc) is 3.52. The molecular weight excluding hydrogens is 566 g/mol. The molecule has 2 unspecified atom stereocenters. The number of aliphatic hydroxyl groups excluding tert-OH is 1. The summed E-state index contributed by atoms with van der Waals surface area (Å²) in [4.78, 5) is 20.9. The third-order valence-electron chi connectivity index (χ3n) is 7.98. The highest BCUT2D eigenvalue weighted by molar-refractivity contribution is 5.81. The number of nitrogens with zero attached hydrogens (tertiary/aromatic N) is 5. The van der Waals surface area contributed by atoms with Gasteiger partial charge in [-0.1, -0.05) is 12.1 Å². The molecule has 1 saturated carbocycles. The predicted molar refractivity (Wildman–Crippen MR) is 149 cm³/mol. The van der Waals surface area contributed by atoms with Crippen molar-refractivity contribution in [1.82, 2.24) is 24.5 Å². The van der Waals surface area contributed by atoms with Crippen LogP contribution in [0, 0.1) is 5.92 Å². The molecule has 43 heavy (non-hydrogen) atoms. The molecular formula is C29H32F2N6O6. The lowest BCUT2D eigenvalue weighted by molar-refractivity contribution is -0.396. The average molecular weight is 599 g/mol. The van der Waals surface area contributed by atoms with Crippen molar-refractivity contribution in [1.29, 1.82) is 0 Å². The number of halogens is 2. The molecule has 6 rings (SSSR count). The largest absolute Gasteiger partial charge is 0.434 e. The number of benzene rings is 1. The van der Waals surface area contributed by atoms with Gasteiger partial charge < -0.3 is 30.9 Å². The number of nitrogens with two attached hydrogens (primary N) is 1. The van der Waals surface area contributed by atoms with E-state index in [0.717, 1.165) is 28.9 Å². The number of pyridine rings is 1. The molecule has 3 heterocycles. The van der Waals surface area contributed by atoms with Crippen LogP contribution in [0.4, 0.5) is 8.78 Å². The number of aliphatic hydroxyl groups is 4. The summed E-state index contributed by atoms with van der Waals surface area (Å²) in [5.41, 5.74) is 8.83. The zero-order chi connectivity index (χ0) is 30.9. The van der Waals surface area contributed by atoms with Gasteiger partial charge in [-0.25, -0.2) is 19.4 Å². The molecule has 2 aliphatic rings. The Morgan fingerprint density at radius 3 is 2.44 bits per heavy atom. The van der Waals surface area contributed by atoms with E-state index < -0.39 is 24.7 Å².